The molecule has 0 spiro atoms. The summed E-state index contributed by atoms with van der Waals surface area (Å²) in [6.45, 7) is 0.786. The highest BCUT2D eigenvalue weighted by Gasteiger charge is 2.22. The van der Waals surface area contributed by atoms with Crippen LogP contribution in [0, 0.1) is 16.0 Å². The van der Waals surface area contributed by atoms with Gasteiger partial charge in [0.15, 0.2) is 0 Å². The van der Waals surface area contributed by atoms with Crippen LogP contribution in [0.5, 0.6) is 0 Å². The van der Waals surface area contributed by atoms with Crippen LogP contribution < -0.4 is 5.73 Å². The van der Waals surface area contributed by atoms with Crippen molar-refractivity contribution < 1.29 is 4.92 Å². The zero-order chi connectivity index (χ0) is 10.8. The van der Waals surface area contributed by atoms with Crippen molar-refractivity contribution in [3.63, 3.8) is 0 Å². The van der Waals surface area contributed by atoms with E-state index >= 15 is 0 Å². The van der Waals surface area contributed by atoms with Crippen LogP contribution in [0.1, 0.15) is 19.3 Å². The molecule has 2 rings (SSSR count). The number of nitro groups is 1. The van der Waals surface area contributed by atoms with Gasteiger partial charge in [-0.15, -0.1) is 0 Å². The molecular weight excluding hydrogens is 196 g/mol. The van der Waals surface area contributed by atoms with Crippen molar-refractivity contribution in [2.24, 2.45) is 11.7 Å². The smallest absolute Gasteiger partial charge is 0.358 e. The lowest BCUT2D eigenvalue weighted by Gasteiger charge is -2.08. The van der Waals surface area contributed by atoms with Gasteiger partial charge >= 0.3 is 5.82 Å². The molecule has 0 amide bonds. The first-order chi connectivity index (χ1) is 7.15. The van der Waals surface area contributed by atoms with Gasteiger partial charge in [0.25, 0.3) is 0 Å². The molecule has 2 unspecified atom stereocenters. The molecule has 0 aromatic carbocycles. The Hall–Kier alpha value is -1.43. The van der Waals surface area contributed by atoms with E-state index in [9.17, 15) is 10.1 Å². The quantitative estimate of drug-likeness (QED) is 0.593. The maximum Gasteiger partial charge on any atom is 0.381 e. The summed E-state index contributed by atoms with van der Waals surface area (Å²) < 4.78 is 1.78. The van der Waals surface area contributed by atoms with Gasteiger partial charge in [0.05, 0.1) is 0 Å². The Bertz CT molecular complexity index is 363. The zero-order valence-corrected chi connectivity index (χ0v) is 8.37. The predicted octanol–water partition coefficient (Wildman–Crippen LogP) is 0.919. The lowest BCUT2D eigenvalue weighted by molar-refractivity contribution is -0.389. The molecule has 0 bridgehead atoms. The largest absolute Gasteiger partial charge is 0.381 e. The minimum atomic E-state index is -0.475. The Balaban J connectivity index is 1.96. The van der Waals surface area contributed by atoms with Crippen LogP contribution in [0.25, 0.3) is 0 Å². The van der Waals surface area contributed by atoms with Crippen LogP contribution >= 0.6 is 0 Å². The molecule has 1 aromatic rings. The van der Waals surface area contributed by atoms with Crippen LogP contribution in [0.2, 0.25) is 0 Å². The Morgan fingerprint density at radius 2 is 2.47 bits per heavy atom. The minimum absolute atomic E-state index is 0.0858. The Morgan fingerprint density at radius 3 is 3.00 bits per heavy atom. The van der Waals surface area contributed by atoms with Crippen LogP contribution in [0.3, 0.4) is 0 Å². The van der Waals surface area contributed by atoms with Gasteiger partial charge in [-0.3, -0.25) is 0 Å². The van der Waals surface area contributed by atoms with E-state index in [2.05, 4.69) is 4.98 Å². The first kappa shape index (κ1) is 10.1. The van der Waals surface area contributed by atoms with Crippen LogP contribution in [-0.4, -0.2) is 20.5 Å². The molecule has 0 radical (unpaired) electrons. The number of rotatable bonds is 3. The second-order valence-electron chi connectivity index (χ2n) is 4.12. The van der Waals surface area contributed by atoms with E-state index in [4.69, 9.17) is 5.73 Å². The first-order valence-electron chi connectivity index (χ1n) is 5.07. The lowest BCUT2D eigenvalue weighted by Crippen LogP contribution is -2.16. The number of aromatic nitrogens is 2. The van der Waals surface area contributed by atoms with E-state index in [0.29, 0.717) is 12.0 Å². The molecule has 0 aliphatic heterocycles. The van der Waals surface area contributed by atoms with E-state index in [0.717, 1.165) is 25.8 Å². The van der Waals surface area contributed by atoms with Gasteiger partial charge in [0.1, 0.15) is 6.20 Å². The van der Waals surface area contributed by atoms with Crippen molar-refractivity contribution in [2.45, 2.75) is 31.8 Å². The van der Waals surface area contributed by atoms with Gasteiger partial charge in [-0.1, -0.05) is 0 Å². The van der Waals surface area contributed by atoms with E-state index in [1.807, 2.05) is 0 Å². The van der Waals surface area contributed by atoms with Crippen LogP contribution in [0.4, 0.5) is 5.82 Å². The first-order valence-corrected chi connectivity index (χ1v) is 5.07. The molecule has 6 nitrogen and oxygen atoms in total. The standard InChI is InChI=1S/C9H14N4O2/c10-8-2-1-7(3-8)4-12-5-9(11-6-12)13(14)15/h5-8H,1-4,10H2. The normalized spacial score (nSPS) is 25.7. The fraction of sp³-hybridized carbons (Fsp3) is 0.667. The molecule has 1 saturated carbocycles. The van der Waals surface area contributed by atoms with Gasteiger partial charge in [0, 0.05) is 12.6 Å². The van der Waals surface area contributed by atoms with Crippen molar-refractivity contribution in [2.75, 3.05) is 0 Å². The number of nitrogens with two attached hydrogens (primary N) is 1. The summed E-state index contributed by atoms with van der Waals surface area (Å²) >= 11 is 0. The maximum absolute atomic E-state index is 10.4. The third kappa shape index (κ3) is 2.33. The topological polar surface area (TPSA) is 87.0 Å². The fourth-order valence-corrected chi connectivity index (χ4v) is 2.12. The van der Waals surface area contributed by atoms with Crippen molar-refractivity contribution in [1.29, 1.82) is 0 Å². The molecular formula is C9H14N4O2. The second-order valence-corrected chi connectivity index (χ2v) is 4.12. The summed E-state index contributed by atoms with van der Waals surface area (Å²) in [5.41, 5.74) is 5.80. The van der Waals surface area contributed by atoms with Crippen molar-refractivity contribution in [3.8, 4) is 0 Å². The SMILES string of the molecule is NC1CCC(Cn2cnc([N+](=O)[O-])c2)C1. The molecule has 15 heavy (non-hydrogen) atoms. The van der Waals surface area contributed by atoms with Crippen molar-refractivity contribution >= 4 is 5.82 Å². The maximum atomic E-state index is 10.4. The van der Waals surface area contributed by atoms with E-state index in [1.54, 1.807) is 4.57 Å². The summed E-state index contributed by atoms with van der Waals surface area (Å²) in [4.78, 5) is 13.6. The molecule has 6 heteroatoms. The molecule has 1 heterocycles. The molecule has 1 aromatic heterocycles. The minimum Gasteiger partial charge on any atom is -0.358 e. The highest BCUT2D eigenvalue weighted by molar-refractivity contribution is 5.12. The number of hydrogen-bond donors (Lipinski definition) is 1. The van der Waals surface area contributed by atoms with Gasteiger partial charge in [-0.05, 0) is 35.1 Å². The molecule has 2 atom stereocenters. The number of nitrogens with zero attached hydrogens (tertiary/aromatic N) is 3. The molecule has 1 aliphatic carbocycles. The highest BCUT2D eigenvalue weighted by atomic mass is 16.6. The molecule has 1 aliphatic rings. The van der Waals surface area contributed by atoms with E-state index in [-0.39, 0.29) is 5.82 Å². The highest BCUT2D eigenvalue weighted by Crippen LogP contribution is 2.25. The van der Waals surface area contributed by atoms with E-state index < -0.39 is 4.92 Å². The number of imidazole rings is 1. The molecule has 2 N–H and O–H groups in total. The second kappa shape index (κ2) is 3.98. The monoisotopic (exact) mass is 210 g/mol. The molecule has 82 valence electrons. The summed E-state index contributed by atoms with van der Waals surface area (Å²) in [5.74, 6) is 0.450. The average molecular weight is 210 g/mol. The third-order valence-corrected chi connectivity index (χ3v) is 2.86. The van der Waals surface area contributed by atoms with Crippen molar-refractivity contribution in [3.05, 3.63) is 22.6 Å². The average Bonchev–Trinajstić information content (AvgIpc) is 2.76. The van der Waals surface area contributed by atoms with Gasteiger partial charge in [-0.25, -0.2) is 0 Å². The predicted molar refractivity (Wildman–Crippen MR) is 54.2 cm³/mol. The fourth-order valence-electron chi connectivity index (χ4n) is 2.12. The summed E-state index contributed by atoms with van der Waals surface area (Å²) in [6, 6.07) is 0.300. The van der Waals surface area contributed by atoms with Gasteiger partial charge < -0.3 is 20.4 Å². The Kier molecular flexibility index (Phi) is 2.68. The van der Waals surface area contributed by atoms with Crippen LogP contribution in [-0.2, 0) is 6.54 Å². The van der Waals surface area contributed by atoms with Gasteiger partial charge in [0.2, 0.25) is 6.33 Å². The summed E-state index contributed by atoms with van der Waals surface area (Å²) in [5, 5.41) is 10.4. The molecule has 0 saturated heterocycles. The summed E-state index contributed by atoms with van der Waals surface area (Å²) in [7, 11) is 0. The van der Waals surface area contributed by atoms with E-state index in [1.165, 1.54) is 12.5 Å². The Morgan fingerprint density at radius 1 is 1.67 bits per heavy atom. The lowest BCUT2D eigenvalue weighted by atomic mass is 10.1. The Labute approximate surface area is 87.2 Å². The molecule has 1 fully saturated rings. The number of hydrogen-bond acceptors (Lipinski definition) is 4. The van der Waals surface area contributed by atoms with Gasteiger partial charge in [-0.2, -0.15) is 0 Å². The summed E-state index contributed by atoms with van der Waals surface area (Å²) in [6.07, 6.45) is 6.16. The third-order valence-electron chi connectivity index (χ3n) is 2.86. The zero-order valence-electron chi connectivity index (χ0n) is 8.37. The van der Waals surface area contributed by atoms with Crippen molar-refractivity contribution in [1.82, 2.24) is 9.55 Å². The van der Waals surface area contributed by atoms with Crippen LogP contribution in [0.15, 0.2) is 12.5 Å².